The summed E-state index contributed by atoms with van der Waals surface area (Å²) in [7, 11) is -3.80. The number of carbonyl (C=O) groups excluding carboxylic acids is 1. The zero-order valence-corrected chi connectivity index (χ0v) is 20.5. The molecule has 2 aromatic rings. The van der Waals surface area contributed by atoms with Crippen molar-refractivity contribution < 1.29 is 26.7 Å². The first-order chi connectivity index (χ1) is 15.8. The molecule has 1 aliphatic carbocycles. The minimum absolute atomic E-state index is 0.00245. The van der Waals surface area contributed by atoms with Crippen molar-refractivity contribution in [2.24, 2.45) is 0 Å². The van der Waals surface area contributed by atoms with E-state index in [2.05, 4.69) is 4.72 Å². The molecule has 184 valence electrons. The number of ether oxygens (including phenoxy) is 1. The molecule has 5 rings (SSSR count). The molecular formula is C25H30F2N2O4S. The van der Waals surface area contributed by atoms with E-state index in [1.54, 1.807) is 63.2 Å². The van der Waals surface area contributed by atoms with Crippen molar-refractivity contribution in [1.29, 1.82) is 0 Å². The van der Waals surface area contributed by atoms with E-state index in [1.165, 1.54) is 4.90 Å². The summed E-state index contributed by atoms with van der Waals surface area (Å²) >= 11 is 0. The van der Waals surface area contributed by atoms with Crippen LogP contribution in [0.4, 0.5) is 13.6 Å². The van der Waals surface area contributed by atoms with Gasteiger partial charge in [0.05, 0.1) is 18.3 Å². The highest BCUT2D eigenvalue weighted by molar-refractivity contribution is 7.88. The standard InChI is InChI=1S/C25H30F2N2O4S/c1-24(2,3)33-23(30)29-18-14-25(27,15-18)22(28-34(4,31)32)20(29)13-17-11-8-12-19(21(17)26)16-9-6-5-7-10-16/h5-12,18,20,22,28H,13-15H2,1-4H3/t18?,20-,22+,25?/m0/s1. The Kier molecular flexibility index (Phi) is 6.23. The summed E-state index contributed by atoms with van der Waals surface area (Å²) in [6.45, 7) is 5.16. The van der Waals surface area contributed by atoms with Crippen LogP contribution in [0.5, 0.6) is 0 Å². The topological polar surface area (TPSA) is 75.7 Å². The van der Waals surface area contributed by atoms with Crippen LogP contribution in [0.3, 0.4) is 0 Å². The van der Waals surface area contributed by atoms with Gasteiger partial charge in [-0.15, -0.1) is 0 Å². The number of carbonyl (C=O) groups is 1. The number of nitrogens with zero attached hydrogens (tertiary/aromatic N) is 1. The Morgan fingerprint density at radius 3 is 2.38 bits per heavy atom. The summed E-state index contributed by atoms with van der Waals surface area (Å²) in [4.78, 5) is 14.6. The Morgan fingerprint density at radius 2 is 1.79 bits per heavy atom. The smallest absolute Gasteiger partial charge is 0.410 e. The van der Waals surface area contributed by atoms with Crippen LogP contribution in [0.1, 0.15) is 39.2 Å². The summed E-state index contributed by atoms with van der Waals surface area (Å²) in [6.07, 6.45) is 0.225. The van der Waals surface area contributed by atoms with Crippen molar-refractivity contribution >= 4 is 16.1 Å². The summed E-state index contributed by atoms with van der Waals surface area (Å²) < 4.78 is 63.5. The number of benzene rings is 2. The number of sulfonamides is 1. The first-order valence-electron chi connectivity index (χ1n) is 11.3. The summed E-state index contributed by atoms with van der Waals surface area (Å²) in [6, 6.07) is 11.3. The van der Waals surface area contributed by atoms with Gasteiger partial charge in [-0.2, -0.15) is 0 Å². The van der Waals surface area contributed by atoms with Crippen LogP contribution >= 0.6 is 0 Å². The minimum Gasteiger partial charge on any atom is -0.444 e. The van der Waals surface area contributed by atoms with Gasteiger partial charge in [-0.3, -0.25) is 4.90 Å². The molecule has 0 unspecified atom stereocenters. The van der Waals surface area contributed by atoms with Gasteiger partial charge in [0, 0.05) is 24.4 Å². The molecule has 1 N–H and O–H groups in total. The van der Waals surface area contributed by atoms with Crippen LogP contribution in [-0.4, -0.2) is 55.1 Å². The van der Waals surface area contributed by atoms with Crippen molar-refractivity contribution in [1.82, 2.24) is 9.62 Å². The van der Waals surface area contributed by atoms with Gasteiger partial charge < -0.3 is 4.74 Å². The minimum atomic E-state index is -3.80. The van der Waals surface area contributed by atoms with Crippen molar-refractivity contribution in [3.05, 3.63) is 59.9 Å². The molecule has 0 aromatic heterocycles. The van der Waals surface area contributed by atoms with Crippen molar-refractivity contribution in [3.8, 4) is 11.1 Å². The number of fused-ring (bicyclic) bond motifs is 2. The second-order valence-electron chi connectivity index (χ2n) is 10.3. The second kappa shape index (κ2) is 8.61. The predicted molar refractivity (Wildman–Crippen MR) is 126 cm³/mol. The SMILES string of the molecule is CC(C)(C)OC(=O)N1C2CC(F)(C2)[C@H](NS(C)(=O)=O)[C@@H]1Cc1cccc(-c2ccccc2)c1F. The molecule has 2 aromatic carbocycles. The average Bonchev–Trinajstić information content (AvgIpc) is 2.69. The largest absolute Gasteiger partial charge is 0.444 e. The monoisotopic (exact) mass is 492 g/mol. The third-order valence-corrected chi connectivity index (χ3v) is 7.06. The lowest BCUT2D eigenvalue weighted by atomic mass is 9.64. The molecule has 9 heteroatoms. The van der Waals surface area contributed by atoms with E-state index in [9.17, 15) is 13.2 Å². The molecular weight excluding hydrogens is 462 g/mol. The van der Waals surface area contributed by atoms with Gasteiger partial charge in [0.1, 0.15) is 17.1 Å². The van der Waals surface area contributed by atoms with Gasteiger partial charge in [0.2, 0.25) is 10.0 Å². The fourth-order valence-corrected chi connectivity index (χ4v) is 5.81. The average molecular weight is 493 g/mol. The van der Waals surface area contributed by atoms with Crippen molar-refractivity contribution in [3.63, 3.8) is 0 Å². The molecule has 1 saturated carbocycles. The Morgan fingerprint density at radius 1 is 1.15 bits per heavy atom. The highest BCUT2D eigenvalue weighted by Crippen LogP contribution is 2.50. The van der Waals surface area contributed by atoms with Gasteiger partial charge in [-0.1, -0.05) is 48.5 Å². The molecule has 3 aliphatic rings. The van der Waals surface area contributed by atoms with Crippen LogP contribution in [0.15, 0.2) is 48.5 Å². The van der Waals surface area contributed by atoms with Crippen LogP contribution in [0.25, 0.3) is 11.1 Å². The quantitative estimate of drug-likeness (QED) is 0.670. The van der Waals surface area contributed by atoms with Crippen LogP contribution in [-0.2, 0) is 21.2 Å². The highest BCUT2D eigenvalue weighted by atomic mass is 32.2. The number of nitrogens with one attached hydrogen (secondary N) is 1. The zero-order chi connectivity index (χ0) is 24.9. The first-order valence-corrected chi connectivity index (χ1v) is 13.2. The predicted octanol–water partition coefficient (Wildman–Crippen LogP) is 4.44. The molecule has 0 spiro atoms. The molecule has 2 aliphatic heterocycles. The molecule has 2 heterocycles. The number of amides is 1. The maximum absolute atomic E-state index is 15.7. The fourth-order valence-electron chi connectivity index (χ4n) is 4.98. The van der Waals surface area contributed by atoms with E-state index in [0.29, 0.717) is 11.1 Å². The normalized spacial score (nSPS) is 26.6. The van der Waals surface area contributed by atoms with E-state index in [4.69, 9.17) is 4.74 Å². The van der Waals surface area contributed by atoms with E-state index in [0.717, 1.165) is 6.26 Å². The Hall–Kier alpha value is -2.52. The molecule has 3 fully saturated rings. The fraction of sp³-hybridized carbons (Fsp3) is 0.480. The van der Waals surface area contributed by atoms with Crippen LogP contribution in [0.2, 0.25) is 0 Å². The third-order valence-electron chi connectivity index (χ3n) is 6.38. The molecule has 1 amide bonds. The Labute approximate surface area is 199 Å². The van der Waals surface area contributed by atoms with Gasteiger partial charge in [0.15, 0.2) is 0 Å². The zero-order valence-electron chi connectivity index (χ0n) is 19.7. The Bertz CT molecular complexity index is 1180. The van der Waals surface area contributed by atoms with E-state index in [1.807, 2.05) is 6.07 Å². The molecule has 0 radical (unpaired) electrons. The van der Waals surface area contributed by atoms with Crippen LogP contribution < -0.4 is 4.72 Å². The van der Waals surface area contributed by atoms with Crippen LogP contribution in [0, 0.1) is 5.82 Å². The number of hydrogen-bond donors (Lipinski definition) is 1. The third kappa shape index (κ3) is 4.95. The lowest BCUT2D eigenvalue weighted by molar-refractivity contribution is -0.131. The number of hydrogen-bond acceptors (Lipinski definition) is 4. The number of halogens is 2. The maximum atomic E-state index is 15.7. The van der Waals surface area contributed by atoms with E-state index < -0.39 is 51.3 Å². The highest BCUT2D eigenvalue weighted by Gasteiger charge is 2.64. The molecule has 2 atom stereocenters. The second-order valence-corrected chi connectivity index (χ2v) is 12.0. The first kappa shape index (κ1) is 24.6. The molecule has 2 saturated heterocycles. The number of alkyl halides is 1. The van der Waals surface area contributed by atoms with Crippen molar-refractivity contribution in [2.75, 3.05) is 6.26 Å². The number of piperidine rings is 2. The summed E-state index contributed by atoms with van der Waals surface area (Å²) in [5.41, 5.74) is -1.28. The van der Waals surface area contributed by atoms with Gasteiger partial charge in [-0.25, -0.2) is 26.7 Å². The lowest BCUT2D eigenvalue weighted by Gasteiger charge is -2.60. The van der Waals surface area contributed by atoms with Crippen molar-refractivity contribution in [2.45, 2.75) is 69.4 Å². The van der Waals surface area contributed by atoms with E-state index in [-0.39, 0.29) is 24.8 Å². The molecule has 2 bridgehead atoms. The van der Waals surface area contributed by atoms with E-state index >= 15 is 8.78 Å². The number of rotatable bonds is 5. The Balaban J connectivity index is 1.74. The summed E-state index contributed by atoms with van der Waals surface area (Å²) in [5.74, 6) is -0.483. The van der Waals surface area contributed by atoms with Gasteiger partial charge in [-0.05, 0) is 38.3 Å². The lowest BCUT2D eigenvalue weighted by Crippen LogP contribution is -2.77. The molecule has 34 heavy (non-hydrogen) atoms. The molecule has 6 nitrogen and oxygen atoms in total. The van der Waals surface area contributed by atoms with Gasteiger partial charge >= 0.3 is 6.09 Å². The summed E-state index contributed by atoms with van der Waals surface area (Å²) in [5, 5.41) is 0. The van der Waals surface area contributed by atoms with Gasteiger partial charge in [0.25, 0.3) is 0 Å². The maximum Gasteiger partial charge on any atom is 0.410 e.